The van der Waals surface area contributed by atoms with E-state index in [0.717, 1.165) is 22.8 Å². The molecule has 0 amide bonds. The van der Waals surface area contributed by atoms with Gasteiger partial charge in [-0.1, -0.05) is 71.8 Å². The van der Waals surface area contributed by atoms with Gasteiger partial charge in [-0.05, 0) is 42.3 Å². The van der Waals surface area contributed by atoms with Crippen molar-refractivity contribution in [3.8, 4) is 0 Å². The average Bonchev–Trinajstić information content (AvgIpc) is 3.08. The van der Waals surface area contributed by atoms with Crippen LogP contribution in [-0.2, 0) is 0 Å². The quantitative estimate of drug-likeness (QED) is 0.567. The van der Waals surface area contributed by atoms with E-state index in [2.05, 4.69) is 72.6 Å². The molecule has 0 aromatic heterocycles. The summed E-state index contributed by atoms with van der Waals surface area (Å²) in [5.74, 6) is 0. The van der Waals surface area contributed by atoms with Crippen molar-refractivity contribution in [2.75, 3.05) is 5.01 Å². The lowest BCUT2D eigenvalue weighted by Crippen LogP contribution is -2.18. The van der Waals surface area contributed by atoms with Crippen LogP contribution in [0.2, 0.25) is 5.02 Å². The van der Waals surface area contributed by atoms with Crippen molar-refractivity contribution in [2.45, 2.75) is 19.4 Å². The van der Waals surface area contributed by atoms with E-state index in [1.165, 1.54) is 16.7 Å². The van der Waals surface area contributed by atoms with Gasteiger partial charge >= 0.3 is 0 Å². The van der Waals surface area contributed by atoms with Crippen LogP contribution in [-0.4, -0.2) is 5.71 Å². The summed E-state index contributed by atoms with van der Waals surface area (Å²) in [4.78, 5) is 0. The molecule has 2 nitrogen and oxygen atoms in total. The molecule has 3 aromatic carbocycles. The first kappa shape index (κ1) is 15.9. The van der Waals surface area contributed by atoms with Gasteiger partial charge in [-0.2, -0.15) is 5.10 Å². The molecule has 0 fully saturated rings. The van der Waals surface area contributed by atoms with Crippen molar-refractivity contribution in [3.63, 3.8) is 0 Å². The molecule has 0 saturated carbocycles. The van der Waals surface area contributed by atoms with Crippen LogP contribution < -0.4 is 5.01 Å². The van der Waals surface area contributed by atoms with Crippen LogP contribution in [0.4, 0.5) is 5.69 Å². The number of hydrogen-bond donors (Lipinski definition) is 0. The highest BCUT2D eigenvalue weighted by molar-refractivity contribution is 6.30. The molecule has 1 atom stereocenters. The Kier molecular flexibility index (Phi) is 4.29. The Bertz CT molecular complexity index is 901. The van der Waals surface area contributed by atoms with Gasteiger partial charge in [0.25, 0.3) is 0 Å². The predicted molar refractivity (Wildman–Crippen MR) is 105 cm³/mol. The fourth-order valence-corrected chi connectivity index (χ4v) is 3.40. The van der Waals surface area contributed by atoms with Crippen LogP contribution in [0.15, 0.2) is 84.0 Å². The molecule has 1 aliphatic rings. The molecule has 3 heteroatoms. The monoisotopic (exact) mass is 346 g/mol. The molecule has 4 rings (SSSR count). The first-order valence-corrected chi connectivity index (χ1v) is 8.83. The van der Waals surface area contributed by atoms with E-state index >= 15 is 0 Å². The molecule has 0 unspecified atom stereocenters. The molecular formula is C22H19ClN2. The van der Waals surface area contributed by atoms with Crippen molar-refractivity contribution < 1.29 is 0 Å². The lowest BCUT2D eigenvalue weighted by molar-refractivity contribution is 0.709. The normalized spacial score (nSPS) is 16.8. The van der Waals surface area contributed by atoms with Gasteiger partial charge in [0.05, 0.1) is 17.4 Å². The molecule has 1 heterocycles. The average molecular weight is 347 g/mol. The molecule has 0 saturated heterocycles. The molecule has 0 bridgehead atoms. The minimum absolute atomic E-state index is 0.176. The van der Waals surface area contributed by atoms with Crippen LogP contribution in [0.3, 0.4) is 0 Å². The van der Waals surface area contributed by atoms with Gasteiger partial charge in [0.1, 0.15) is 0 Å². The van der Waals surface area contributed by atoms with Crippen LogP contribution in [0, 0.1) is 6.92 Å². The van der Waals surface area contributed by atoms with Crippen molar-refractivity contribution >= 4 is 23.0 Å². The lowest BCUT2D eigenvalue weighted by atomic mass is 9.97. The fraction of sp³-hybridized carbons (Fsp3) is 0.136. The number of hydrogen-bond acceptors (Lipinski definition) is 2. The zero-order valence-corrected chi connectivity index (χ0v) is 14.8. The number of para-hydroxylation sites is 1. The highest BCUT2D eigenvalue weighted by Crippen LogP contribution is 2.36. The topological polar surface area (TPSA) is 15.6 Å². The second kappa shape index (κ2) is 6.73. The molecule has 0 aliphatic carbocycles. The summed E-state index contributed by atoms with van der Waals surface area (Å²) in [6.45, 7) is 2.12. The standard InChI is InChI=1S/C22H19ClN2/c1-16-6-5-7-18(14-16)21-15-22(17-10-12-19(23)13-11-17)25(24-21)20-8-3-2-4-9-20/h2-14,22H,15H2,1H3/t22-/m1/s1. The van der Waals surface area contributed by atoms with Gasteiger partial charge in [-0.25, -0.2) is 0 Å². The summed E-state index contributed by atoms with van der Waals surface area (Å²) in [7, 11) is 0. The Hall–Kier alpha value is -2.58. The van der Waals surface area contributed by atoms with Crippen LogP contribution >= 0.6 is 11.6 Å². The summed E-state index contributed by atoms with van der Waals surface area (Å²) < 4.78 is 0. The number of hydrazone groups is 1. The predicted octanol–water partition coefficient (Wildman–Crippen LogP) is 6.00. The van der Waals surface area contributed by atoms with Crippen molar-refractivity contribution in [1.82, 2.24) is 0 Å². The molecule has 0 N–H and O–H groups in total. The van der Waals surface area contributed by atoms with Crippen molar-refractivity contribution in [3.05, 3.63) is 101 Å². The van der Waals surface area contributed by atoms with E-state index < -0.39 is 0 Å². The van der Waals surface area contributed by atoms with Gasteiger partial charge in [-0.15, -0.1) is 0 Å². The summed E-state index contributed by atoms with van der Waals surface area (Å²) in [6.07, 6.45) is 0.875. The zero-order valence-electron chi connectivity index (χ0n) is 14.1. The van der Waals surface area contributed by atoms with Crippen LogP contribution in [0.25, 0.3) is 0 Å². The third-order valence-corrected chi connectivity index (χ3v) is 4.79. The number of anilines is 1. The van der Waals surface area contributed by atoms with Crippen LogP contribution in [0.1, 0.15) is 29.2 Å². The summed E-state index contributed by atoms with van der Waals surface area (Å²) in [6, 6.07) is 27.1. The molecule has 25 heavy (non-hydrogen) atoms. The third kappa shape index (κ3) is 3.31. The van der Waals surface area contributed by atoms with Crippen molar-refractivity contribution in [2.24, 2.45) is 5.10 Å². The van der Waals surface area contributed by atoms with E-state index in [-0.39, 0.29) is 6.04 Å². The SMILES string of the molecule is Cc1cccc(C2=NN(c3ccccc3)[C@@H](c3ccc(Cl)cc3)C2)c1. The molecular weight excluding hydrogens is 328 g/mol. The second-order valence-electron chi connectivity index (χ2n) is 6.37. The van der Waals surface area contributed by atoms with Gasteiger partial charge in [0.15, 0.2) is 0 Å². The van der Waals surface area contributed by atoms with E-state index in [4.69, 9.17) is 16.7 Å². The Labute approximate surface area is 153 Å². The fourth-order valence-electron chi connectivity index (χ4n) is 3.27. The van der Waals surface area contributed by atoms with Gasteiger partial charge in [0, 0.05) is 11.4 Å². The van der Waals surface area contributed by atoms with E-state index in [9.17, 15) is 0 Å². The maximum atomic E-state index is 6.07. The van der Waals surface area contributed by atoms with Gasteiger partial charge in [0.2, 0.25) is 0 Å². The number of rotatable bonds is 3. The molecule has 3 aromatic rings. The highest BCUT2D eigenvalue weighted by atomic mass is 35.5. The first-order chi connectivity index (χ1) is 12.2. The molecule has 124 valence electrons. The Morgan fingerprint density at radius 3 is 2.40 bits per heavy atom. The Morgan fingerprint density at radius 2 is 1.68 bits per heavy atom. The van der Waals surface area contributed by atoms with E-state index in [0.29, 0.717) is 0 Å². The maximum absolute atomic E-state index is 6.07. The van der Waals surface area contributed by atoms with Gasteiger partial charge < -0.3 is 0 Å². The van der Waals surface area contributed by atoms with E-state index in [1.54, 1.807) is 0 Å². The minimum atomic E-state index is 0.176. The summed E-state index contributed by atoms with van der Waals surface area (Å²) in [5, 5.41) is 7.85. The molecule has 1 aliphatic heterocycles. The zero-order chi connectivity index (χ0) is 17.2. The summed E-state index contributed by atoms with van der Waals surface area (Å²) >= 11 is 6.07. The molecule has 0 radical (unpaired) electrons. The maximum Gasteiger partial charge on any atom is 0.0831 e. The second-order valence-corrected chi connectivity index (χ2v) is 6.80. The van der Waals surface area contributed by atoms with Crippen LogP contribution in [0.5, 0.6) is 0 Å². The number of nitrogens with zero attached hydrogens (tertiary/aromatic N) is 2. The number of benzene rings is 3. The highest BCUT2D eigenvalue weighted by Gasteiger charge is 2.29. The number of halogens is 1. The largest absolute Gasteiger partial charge is 0.257 e. The first-order valence-electron chi connectivity index (χ1n) is 8.45. The van der Waals surface area contributed by atoms with Gasteiger partial charge in [-0.3, -0.25) is 5.01 Å². The Morgan fingerprint density at radius 1 is 0.920 bits per heavy atom. The summed E-state index contributed by atoms with van der Waals surface area (Å²) in [5.41, 5.74) is 5.89. The molecule has 0 spiro atoms. The van der Waals surface area contributed by atoms with E-state index in [1.807, 2.05) is 18.2 Å². The lowest BCUT2D eigenvalue weighted by Gasteiger charge is -2.24. The third-order valence-electron chi connectivity index (χ3n) is 4.54. The number of aryl methyl sites for hydroxylation is 1. The minimum Gasteiger partial charge on any atom is -0.257 e. The Balaban J connectivity index is 1.75. The smallest absolute Gasteiger partial charge is 0.0831 e. The van der Waals surface area contributed by atoms with Crippen molar-refractivity contribution in [1.29, 1.82) is 0 Å².